The van der Waals surface area contributed by atoms with Gasteiger partial charge in [-0.3, -0.25) is 4.79 Å². The maximum absolute atomic E-state index is 13.4. The first kappa shape index (κ1) is 19.7. The SMILES string of the molecule is O=C(c1sc2ncccc2c1[C@@H]1CCN(CCc2ccccc2)C1)N1CCOCC1. The number of nitrogens with zero attached hydrogens (tertiary/aromatic N) is 3. The molecule has 0 N–H and O–H groups in total. The molecule has 0 aliphatic carbocycles. The van der Waals surface area contributed by atoms with Crippen molar-refractivity contribution in [3.63, 3.8) is 0 Å². The van der Waals surface area contributed by atoms with E-state index in [4.69, 9.17) is 4.74 Å². The molecule has 0 radical (unpaired) electrons. The van der Waals surface area contributed by atoms with Crippen molar-refractivity contribution in [2.75, 3.05) is 45.9 Å². The molecule has 0 spiro atoms. The molecule has 0 unspecified atom stereocenters. The number of amides is 1. The number of fused-ring (bicyclic) bond motifs is 1. The van der Waals surface area contributed by atoms with Gasteiger partial charge in [-0.25, -0.2) is 4.98 Å². The average molecular weight is 422 g/mol. The van der Waals surface area contributed by atoms with Crippen molar-refractivity contribution in [2.45, 2.75) is 18.8 Å². The predicted molar refractivity (Wildman–Crippen MR) is 120 cm³/mol. The van der Waals surface area contributed by atoms with Gasteiger partial charge in [-0.1, -0.05) is 36.4 Å². The largest absolute Gasteiger partial charge is 0.378 e. The maximum Gasteiger partial charge on any atom is 0.264 e. The molecule has 3 aromatic rings. The summed E-state index contributed by atoms with van der Waals surface area (Å²) in [5, 5.41) is 1.16. The standard InChI is InChI=1S/C24H27N3O2S/c28-24(27-13-15-29-16-14-27)22-21(20-7-4-10-25-23(20)30-22)19-9-12-26(17-19)11-8-18-5-2-1-3-6-18/h1-7,10,19H,8-9,11-17H2/t19-/m1/s1. The fourth-order valence-electron chi connectivity index (χ4n) is 4.63. The maximum atomic E-state index is 13.4. The fraction of sp³-hybridized carbons (Fsp3) is 0.417. The second-order valence-electron chi connectivity index (χ2n) is 8.13. The summed E-state index contributed by atoms with van der Waals surface area (Å²) in [6, 6.07) is 14.8. The molecule has 2 aliphatic heterocycles. The second kappa shape index (κ2) is 8.84. The van der Waals surface area contributed by atoms with E-state index in [-0.39, 0.29) is 5.91 Å². The van der Waals surface area contributed by atoms with Crippen LogP contribution in [-0.2, 0) is 11.2 Å². The first-order valence-electron chi connectivity index (χ1n) is 10.8. The molecule has 2 aliphatic rings. The average Bonchev–Trinajstić information content (AvgIpc) is 3.43. The van der Waals surface area contributed by atoms with E-state index in [1.807, 2.05) is 17.2 Å². The van der Waals surface area contributed by atoms with Crippen LogP contribution >= 0.6 is 11.3 Å². The Hall–Kier alpha value is -2.28. The van der Waals surface area contributed by atoms with Crippen LogP contribution in [0.2, 0.25) is 0 Å². The Bertz CT molecular complexity index is 1010. The molecule has 5 nitrogen and oxygen atoms in total. The quantitative estimate of drug-likeness (QED) is 0.629. The number of morpholine rings is 1. The van der Waals surface area contributed by atoms with Gasteiger partial charge in [0.1, 0.15) is 4.83 Å². The minimum absolute atomic E-state index is 0.152. The van der Waals surface area contributed by atoms with Crippen LogP contribution in [0.1, 0.15) is 33.1 Å². The summed E-state index contributed by atoms with van der Waals surface area (Å²) in [6.45, 7) is 5.76. The molecular formula is C24H27N3O2S. The van der Waals surface area contributed by atoms with E-state index in [1.54, 1.807) is 11.3 Å². The van der Waals surface area contributed by atoms with Crippen molar-refractivity contribution < 1.29 is 9.53 Å². The number of hydrogen-bond acceptors (Lipinski definition) is 5. The zero-order chi connectivity index (χ0) is 20.3. The number of rotatable bonds is 5. The number of thiophene rings is 1. The molecule has 0 bridgehead atoms. The van der Waals surface area contributed by atoms with Crippen LogP contribution < -0.4 is 0 Å². The number of ether oxygens (including phenoxy) is 1. The van der Waals surface area contributed by atoms with Crippen molar-refractivity contribution in [2.24, 2.45) is 0 Å². The zero-order valence-electron chi connectivity index (χ0n) is 17.1. The lowest BCUT2D eigenvalue weighted by atomic mass is 9.95. The van der Waals surface area contributed by atoms with E-state index < -0.39 is 0 Å². The first-order chi connectivity index (χ1) is 14.8. The predicted octanol–water partition coefficient (Wildman–Crippen LogP) is 3.80. The van der Waals surface area contributed by atoms with Gasteiger partial charge in [0.05, 0.1) is 18.1 Å². The summed E-state index contributed by atoms with van der Waals surface area (Å²) in [7, 11) is 0. The minimum Gasteiger partial charge on any atom is -0.378 e. The number of carbonyl (C=O) groups excluding carboxylic acids is 1. The smallest absolute Gasteiger partial charge is 0.264 e. The van der Waals surface area contributed by atoms with Gasteiger partial charge in [0.25, 0.3) is 5.91 Å². The van der Waals surface area contributed by atoms with Crippen LogP contribution in [0.25, 0.3) is 10.2 Å². The lowest BCUT2D eigenvalue weighted by molar-refractivity contribution is 0.0305. The van der Waals surface area contributed by atoms with E-state index in [0.717, 1.165) is 47.6 Å². The highest BCUT2D eigenvalue weighted by Crippen LogP contribution is 2.40. The summed E-state index contributed by atoms with van der Waals surface area (Å²) >= 11 is 1.56. The summed E-state index contributed by atoms with van der Waals surface area (Å²) in [5.74, 6) is 0.540. The zero-order valence-corrected chi connectivity index (χ0v) is 17.9. The molecule has 1 amide bonds. The Morgan fingerprint density at radius 3 is 2.77 bits per heavy atom. The van der Waals surface area contributed by atoms with Gasteiger partial charge >= 0.3 is 0 Å². The molecule has 1 aromatic carbocycles. The molecular weight excluding hydrogens is 394 g/mol. The number of likely N-dealkylation sites (tertiary alicyclic amines) is 1. The van der Waals surface area contributed by atoms with E-state index in [9.17, 15) is 4.79 Å². The van der Waals surface area contributed by atoms with Crippen LogP contribution in [0.4, 0.5) is 0 Å². The molecule has 0 saturated carbocycles. The summed E-state index contributed by atoms with van der Waals surface area (Å²) in [4.78, 5) is 24.3. The monoisotopic (exact) mass is 421 g/mol. The second-order valence-corrected chi connectivity index (χ2v) is 9.13. The topological polar surface area (TPSA) is 45.7 Å². The van der Waals surface area contributed by atoms with Crippen LogP contribution in [0.15, 0.2) is 48.7 Å². The van der Waals surface area contributed by atoms with E-state index in [1.165, 1.54) is 11.1 Å². The van der Waals surface area contributed by atoms with E-state index in [0.29, 0.717) is 32.2 Å². The van der Waals surface area contributed by atoms with Gasteiger partial charge in [0.2, 0.25) is 0 Å². The molecule has 5 rings (SSSR count). The molecule has 2 fully saturated rings. The van der Waals surface area contributed by atoms with Crippen molar-refractivity contribution in [1.29, 1.82) is 0 Å². The number of hydrogen-bond donors (Lipinski definition) is 0. The third kappa shape index (κ3) is 4.00. The van der Waals surface area contributed by atoms with Crippen molar-refractivity contribution in [3.05, 3.63) is 64.7 Å². The lowest BCUT2D eigenvalue weighted by Crippen LogP contribution is -2.40. The highest BCUT2D eigenvalue weighted by molar-refractivity contribution is 7.20. The lowest BCUT2D eigenvalue weighted by Gasteiger charge is -2.27. The van der Waals surface area contributed by atoms with Crippen molar-refractivity contribution in [1.82, 2.24) is 14.8 Å². The fourth-order valence-corrected chi connectivity index (χ4v) is 5.83. The number of carbonyl (C=O) groups is 1. The van der Waals surface area contributed by atoms with Crippen LogP contribution in [-0.4, -0.2) is 66.6 Å². The van der Waals surface area contributed by atoms with Crippen molar-refractivity contribution >= 4 is 27.5 Å². The van der Waals surface area contributed by atoms with Crippen LogP contribution in [0.5, 0.6) is 0 Å². The number of aromatic nitrogens is 1. The van der Waals surface area contributed by atoms with Gasteiger partial charge in [-0.2, -0.15) is 0 Å². The Morgan fingerprint density at radius 1 is 1.10 bits per heavy atom. The Kier molecular flexibility index (Phi) is 5.79. The van der Waals surface area contributed by atoms with Gasteiger partial charge in [0, 0.05) is 43.7 Å². The molecule has 2 aromatic heterocycles. The third-order valence-electron chi connectivity index (χ3n) is 6.24. The molecule has 4 heterocycles. The van der Waals surface area contributed by atoms with Gasteiger partial charge in [0.15, 0.2) is 0 Å². The number of pyridine rings is 1. The minimum atomic E-state index is 0.152. The van der Waals surface area contributed by atoms with Gasteiger partial charge in [-0.05, 0) is 36.6 Å². The number of benzene rings is 1. The highest BCUT2D eigenvalue weighted by Gasteiger charge is 2.32. The van der Waals surface area contributed by atoms with Crippen molar-refractivity contribution in [3.8, 4) is 0 Å². The highest BCUT2D eigenvalue weighted by atomic mass is 32.1. The Balaban J connectivity index is 1.37. The van der Waals surface area contributed by atoms with Crippen LogP contribution in [0, 0.1) is 0 Å². The van der Waals surface area contributed by atoms with Gasteiger partial charge < -0.3 is 14.5 Å². The Labute approximate surface area is 181 Å². The first-order valence-corrected chi connectivity index (χ1v) is 11.6. The molecule has 1 atom stereocenters. The molecule has 2 saturated heterocycles. The van der Waals surface area contributed by atoms with Crippen LogP contribution in [0.3, 0.4) is 0 Å². The Morgan fingerprint density at radius 2 is 1.93 bits per heavy atom. The molecule has 30 heavy (non-hydrogen) atoms. The summed E-state index contributed by atoms with van der Waals surface area (Å²) in [6.07, 6.45) is 3.99. The van der Waals surface area contributed by atoms with E-state index >= 15 is 0 Å². The normalized spacial score (nSPS) is 20.1. The van der Waals surface area contributed by atoms with E-state index in [2.05, 4.69) is 46.3 Å². The van der Waals surface area contributed by atoms with Gasteiger partial charge in [-0.15, -0.1) is 11.3 Å². The third-order valence-corrected chi connectivity index (χ3v) is 7.35. The molecule has 156 valence electrons. The summed E-state index contributed by atoms with van der Waals surface area (Å²) in [5.41, 5.74) is 2.61. The summed E-state index contributed by atoms with van der Waals surface area (Å²) < 4.78 is 5.44. The molecule has 6 heteroatoms.